The Hall–Kier alpha value is -3.77. The molecule has 0 radical (unpaired) electrons. The molecule has 38 heavy (non-hydrogen) atoms. The van der Waals surface area contributed by atoms with Gasteiger partial charge in [-0.25, -0.2) is 4.79 Å². The summed E-state index contributed by atoms with van der Waals surface area (Å²) in [7, 11) is 0. The lowest BCUT2D eigenvalue weighted by Gasteiger charge is -2.25. The van der Waals surface area contributed by atoms with Crippen LogP contribution in [-0.4, -0.2) is 75.2 Å². The van der Waals surface area contributed by atoms with Crippen molar-refractivity contribution in [2.24, 2.45) is 5.73 Å². The molecule has 2 aromatic carbocycles. The van der Waals surface area contributed by atoms with E-state index < -0.39 is 47.9 Å². The molecular formula is C26H34N4O7S. The molecule has 2 aromatic rings. The maximum atomic E-state index is 13.4. The van der Waals surface area contributed by atoms with Crippen LogP contribution < -0.4 is 21.7 Å². The van der Waals surface area contributed by atoms with Crippen molar-refractivity contribution in [2.45, 2.75) is 50.4 Å². The van der Waals surface area contributed by atoms with Gasteiger partial charge in [0.1, 0.15) is 29.6 Å². The van der Waals surface area contributed by atoms with Gasteiger partial charge >= 0.3 is 5.97 Å². The van der Waals surface area contributed by atoms with E-state index in [0.717, 1.165) is 0 Å². The summed E-state index contributed by atoms with van der Waals surface area (Å²) in [4.78, 5) is 50.6. The van der Waals surface area contributed by atoms with E-state index in [4.69, 9.17) is 5.73 Å². The molecule has 0 aliphatic carbocycles. The summed E-state index contributed by atoms with van der Waals surface area (Å²) < 4.78 is 0. The largest absolute Gasteiger partial charge is 0.508 e. The molecule has 0 fully saturated rings. The third-order valence-corrected chi connectivity index (χ3v) is 6.30. The summed E-state index contributed by atoms with van der Waals surface area (Å²) >= 11 is 1.44. The number of benzene rings is 2. The Morgan fingerprint density at radius 2 is 1.16 bits per heavy atom. The number of nitrogens with one attached hydrogen (secondary N) is 3. The fourth-order valence-corrected chi connectivity index (χ4v) is 3.97. The van der Waals surface area contributed by atoms with E-state index in [1.165, 1.54) is 43.0 Å². The van der Waals surface area contributed by atoms with E-state index in [9.17, 15) is 34.5 Å². The molecule has 0 aliphatic heterocycles. The average molecular weight is 547 g/mol. The highest BCUT2D eigenvalue weighted by molar-refractivity contribution is 7.98. The number of hydrogen-bond acceptors (Lipinski definition) is 8. The molecule has 11 nitrogen and oxygen atoms in total. The Kier molecular flexibility index (Phi) is 11.9. The fourth-order valence-electron chi connectivity index (χ4n) is 3.49. The second-order valence-corrected chi connectivity index (χ2v) is 9.82. The second kappa shape index (κ2) is 14.8. The number of carboxylic acid groups (broad SMARTS) is 1. The van der Waals surface area contributed by atoms with Crippen molar-refractivity contribution in [2.75, 3.05) is 12.0 Å². The number of phenolic OH excluding ortho intramolecular Hbond substituents is 2. The van der Waals surface area contributed by atoms with Crippen molar-refractivity contribution >= 4 is 35.5 Å². The van der Waals surface area contributed by atoms with Crippen molar-refractivity contribution in [3.8, 4) is 11.5 Å². The van der Waals surface area contributed by atoms with Gasteiger partial charge in [-0.15, -0.1) is 0 Å². The number of thioether (sulfide) groups is 1. The summed E-state index contributed by atoms with van der Waals surface area (Å²) in [6.45, 7) is 1.46. The lowest BCUT2D eigenvalue weighted by atomic mass is 10.0. The van der Waals surface area contributed by atoms with Gasteiger partial charge in [-0.2, -0.15) is 11.8 Å². The maximum Gasteiger partial charge on any atom is 0.326 e. The number of carbonyl (C=O) groups excluding carboxylic acids is 3. The number of hydrogen-bond donors (Lipinski definition) is 7. The molecule has 0 saturated carbocycles. The summed E-state index contributed by atoms with van der Waals surface area (Å²) in [5.41, 5.74) is 6.91. The van der Waals surface area contributed by atoms with Crippen molar-refractivity contribution in [3.63, 3.8) is 0 Å². The highest BCUT2D eigenvalue weighted by Gasteiger charge is 2.30. The number of aliphatic carboxylic acids is 1. The van der Waals surface area contributed by atoms with Crippen molar-refractivity contribution in [1.82, 2.24) is 16.0 Å². The Morgan fingerprint density at radius 1 is 0.763 bits per heavy atom. The molecule has 0 spiro atoms. The van der Waals surface area contributed by atoms with Gasteiger partial charge in [0.05, 0.1) is 6.04 Å². The van der Waals surface area contributed by atoms with Gasteiger partial charge in [0.2, 0.25) is 17.7 Å². The van der Waals surface area contributed by atoms with Gasteiger partial charge in [-0.3, -0.25) is 14.4 Å². The Morgan fingerprint density at radius 3 is 1.53 bits per heavy atom. The number of amides is 3. The summed E-state index contributed by atoms with van der Waals surface area (Å²) in [6, 6.07) is 7.76. The molecule has 206 valence electrons. The van der Waals surface area contributed by atoms with Crippen LogP contribution in [0.25, 0.3) is 0 Å². The van der Waals surface area contributed by atoms with Crippen molar-refractivity contribution in [1.29, 1.82) is 0 Å². The van der Waals surface area contributed by atoms with Gasteiger partial charge in [0.15, 0.2) is 0 Å². The van der Waals surface area contributed by atoms with Crippen molar-refractivity contribution in [3.05, 3.63) is 59.7 Å². The standard InChI is InChI=1S/C26H34N4O7S/c1-15(27)23(33)29-21(13-16-3-7-18(31)8-4-16)25(35)30-22(14-17-5-9-19(32)10-6-17)24(34)28-20(26(36)37)11-12-38-2/h3-10,15,20-22,31-32H,11-14,27H2,1-2H3,(H,28,34)(H,29,33)(H,30,35)(H,36,37). The first-order valence-electron chi connectivity index (χ1n) is 11.9. The number of carboxylic acids is 1. The van der Waals surface area contributed by atoms with Gasteiger partial charge in [0, 0.05) is 12.8 Å². The van der Waals surface area contributed by atoms with E-state index in [0.29, 0.717) is 16.9 Å². The minimum absolute atomic E-state index is 0.000111. The van der Waals surface area contributed by atoms with Crippen LogP contribution in [0.4, 0.5) is 0 Å². The molecule has 0 aliphatic rings. The van der Waals surface area contributed by atoms with Crippen LogP contribution in [0.15, 0.2) is 48.5 Å². The monoisotopic (exact) mass is 546 g/mol. The SMILES string of the molecule is CSCCC(NC(=O)C(Cc1ccc(O)cc1)NC(=O)C(Cc1ccc(O)cc1)NC(=O)C(C)N)C(=O)O. The normalized spacial score (nSPS) is 14.0. The molecule has 0 saturated heterocycles. The molecule has 12 heteroatoms. The van der Waals surface area contributed by atoms with Gasteiger partial charge in [0.25, 0.3) is 0 Å². The molecule has 4 unspecified atom stereocenters. The molecule has 0 bridgehead atoms. The van der Waals surface area contributed by atoms with Crippen LogP contribution in [0.2, 0.25) is 0 Å². The maximum absolute atomic E-state index is 13.4. The number of phenols is 2. The smallest absolute Gasteiger partial charge is 0.326 e. The van der Waals surface area contributed by atoms with Crippen LogP contribution in [0.5, 0.6) is 11.5 Å². The van der Waals surface area contributed by atoms with Crippen LogP contribution >= 0.6 is 11.8 Å². The quantitative estimate of drug-likeness (QED) is 0.177. The number of nitrogens with two attached hydrogens (primary N) is 1. The zero-order valence-corrected chi connectivity index (χ0v) is 22.0. The molecule has 4 atom stereocenters. The van der Waals surface area contributed by atoms with E-state index >= 15 is 0 Å². The predicted molar refractivity (Wildman–Crippen MR) is 144 cm³/mol. The zero-order valence-electron chi connectivity index (χ0n) is 21.2. The van der Waals surface area contributed by atoms with Gasteiger partial charge in [-0.05, 0) is 60.7 Å². The number of aromatic hydroxyl groups is 2. The van der Waals surface area contributed by atoms with Gasteiger partial charge < -0.3 is 37.0 Å². The van der Waals surface area contributed by atoms with Gasteiger partial charge in [-0.1, -0.05) is 24.3 Å². The van der Waals surface area contributed by atoms with E-state index in [2.05, 4.69) is 16.0 Å². The molecule has 3 amide bonds. The average Bonchev–Trinajstić information content (AvgIpc) is 2.87. The lowest BCUT2D eigenvalue weighted by Crippen LogP contribution is -2.58. The molecule has 0 aromatic heterocycles. The summed E-state index contributed by atoms with van der Waals surface area (Å²) in [5.74, 6) is -2.60. The Labute approximate surface area is 225 Å². The van der Waals surface area contributed by atoms with Crippen LogP contribution in [0, 0.1) is 0 Å². The van der Waals surface area contributed by atoms with Crippen LogP contribution in [-0.2, 0) is 32.0 Å². The van der Waals surface area contributed by atoms with E-state index in [1.807, 2.05) is 6.26 Å². The third kappa shape index (κ3) is 9.94. The first-order chi connectivity index (χ1) is 18.0. The lowest BCUT2D eigenvalue weighted by molar-refractivity contribution is -0.142. The predicted octanol–water partition coefficient (Wildman–Crippen LogP) is 0.522. The summed E-state index contributed by atoms with van der Waals surface area (Å²) in [5, 5.41) is 36.4. The fraction of sp³-hybridized carbons (Fsp3) is 0.385. The first-order valence-corrected chi connectivity index (χ1v) is 13.3. The first kappa shape index (κ1) is 30.5. The minimum atomic E-state index is -1.20. The highest BCUT2D eigenvalue weighted by atomic mass is 32.2. The van der Waals surface area contributed by atoms with Crippen molar-refractivity contribution < 1.29 is 34.5 Å². The minimum Gasteiger partial charge on any atom is -0.508 e. The highest BCUT2D eigenvalue weighted by Crippen LogP contribution is 2.14. The van der Waals surface area contributed by atoms with Crippen LogP contribution in [0.1, 0.15) is 24.5 Å². The zero-order chi connectivity index (χ0) is 28.2. The molecule has 2 rings (SSSR count). The van der Waals surface area contributed by atoms with E-state index in [1.54, 1.807) is 24.3 Å². The third-order valence-electron chi connectivity index (χ3n) is 5.66. The topological polar surface area (TPSA) is 191 Å². The molecule has 8 N–H and O–H groups in total. The van der Waals surface area contributed by atoms with E-state index in [-0.39, 0.29) is 30.8 Å². The number of carbonyl (C=O) groups is 4. The second-order valence-electron chi connectivity index (χ2n) is 8.83. The Bertz CT molecular complexity index is 1090. The summed E-state index contributed by atoms with van der Waals surface area (Å²) in [6.07, 6.45) is 2.05. The Balaban J connectivity index is 2.30. The molecular weight excluding hydrogens is 512 g/mol. The number of rotatable bonds is 14. The van der Waals surface area contributed by atoms with Crippen LogP contribution in [0.3, 0.4) is 0 Å². The molecule has 0 heterocycles.